The van der Waals surface area contributed by atoms with Crippen molar-refractivity contribution in [2.75, 3.05) is 13.2 Å². The van der Waals surface area contributed by atoms with Crippen LogP contribution in [-0.2, 0) is 41.8 Å². The molecular weight excluding hydrogens is 987 g/mol. The molecule has 0 radical (unpaired) electrons. The average Bonchev–Trinajstić information content (AvgIpc) is 3.34. The van der Waals surface area contributed by atoms with Gasteiger partial charge in [-0.05, 0) is 77.0 Å². The maximum absolute atomic E-state index is 13.0. The van der Waals surface area contributed by atoms with Crippen LogP contribution in [0.2, 0.25) is 0 Å². The maximum atomic E-state index is 13.0. The van der Waals surface area contributed by atoms with Crippen LogP contribution in [0.25, 0.3) is 0 Å². The molecule has 0 saturated heterocycles. The quantitative estimate of drug-likeness (QED) is 0.00918. The van der Waals surface area contributed by atoms with Gasteiger partial charge in [-0.2, -0.15) is 0 Å². The number of unbranched alkanes of at least 4 members (excludes halogenated alkanes) is 6. The van der Waals surface area contributed by atoms with Gasteiger partial charge >= 0.3 is 27.6 Å². The molecule has 0 bridgehead atoms. The molecule has 5 unspecified atom stereocenters. The van der Waals surface area contributed by atoms with Crippen molar-refractivity contribution >= 4 is 27.6 Å². The summed E-state index contributed by atoms with van der Waals surface area (Å²) in [7, 11) is -10.8. The number of aliphatic hydroxyl groups excluding tert-OH is 6. The Bertz CT molecular complexity index is 1900. The van der Waals surface area contributed by atoms with Crippen molar-refractivity contribution in [3.63, 3.8) is 0 Å². The highest BCUT2D eigenvalue weighted by molar-refractivity contribution is 7.47. The molecule has 18 nitrogen and oxygen atoms in total. The lowest BCUT2D eigenvalue weighted by Gasteiger charge is -2.43. The summed E-state index contributed by atoms with van der Waals surface area (Å²) in [5.41, 5.74) is 0. The van der Waals surface area contributed by atoms with Crippen LogP contribution in [0.4, 0.5) is 0 Å². The molecule has 1 aliphatic carbocycles. The summed E-state index contributed by atoms with van der Waals surface area (Å²) in [5, 5.41) is 61.4. The third-order valence-corrected chi connectivity index (χ3v) is 12.2. The fraction of sp³-hybridized carbons (Fsp3) is 0.585. The molecule has 10 atom stereocenters. The highest BCUT2D eigenvalue weighted by atomic mass is 31.2. The van der Waals surface area contributed by atoms with Gasteiger partial charge < -0.3 is 54.8 Å². The van der Waals surface area contributed by atoms with E-state index in [1.165, 1.54) is 0 Å². The molecule has 0 aliphatic heterocycles. The number of aliphatic hydroxyl groups is 6. The van der Waals surface area contributed by atoms with Crippen LogP contribution < -0.4 is 0 Å². The van der Waals surface area contributed by atoms with Crippen LogP contribution in [0.5, 0.6) is 0 Å². The zero-order valence-corrected chi connectivity index (χ0v) is 44.3. The van der Waals surface area contributed by atoms with Crippen molar-refractivity contribution in [2.24, 2.45) is 0 Å². The Hall–Kier alpha value is -3.68. The summed E-state index contributed by atoms with van der Waals surface area (Å²) in [6.07, 6.45) is 34.9. The molecule has 0 heterocycles. The Morgan fingerprint density at radius 1 is 0.507 bits per heavy atom. The summed E-state index contributed by atoms with van der Waals surface area (Å²) in [4.78, 5) is 54.4. The van der Waals surface area contributed by atoms with Crippen molar-refractivity contribution < 1.29 is 87.1 Å². The Morgan fingerprint density at radius 3 is 1.53 bits per heavy atom. The monoisotopic (exact) mass is 1070 g/mol. The zero-order chi connectivity index (χ0) is 54.2. The molecule has 9 N–H and O–H groups in total. The number of carbonyl (C=O) groups is 2. The van der Waals surface area contributed by atoms with Crippen molar-refractivity contribution in [2.45, 2.75) is 184 Å². The molecule has 414 valence electrons. The molecule has 73 heavy (non-hydrogen) atoms. The van der Waals surface area contributed by atoms with Gasteiger partial charge in [0.15, 0.2) is 6.10 Å². The number of phosphoric ester groups is 2. The number of ether oxygens (including phenoxy) is 2. The molecule has 0 aromatic heterocycles. The van der Waals surface area contributed by atoms with Crippen LogP contribution >= 0.6 is 15.6 Å². The summed E-state index contributed by atoms with van der Waals surface area (Å²) >= 11 is 0. The minimum absolute atomic E-state index is 0.0584. The molecule has 1 saturated carbocycles. The highest BCUT2D eigenvalue weighted by Gasteiger charge is 2.54. The number of phosphoric acid groups is 2. The largest absolute Gasteiger partial charge is 0.472 e. The van der Waals surface area contributed by atoms with Gasteiger partial charge in [0, 0.05) is 12.8 Å². The van der Waals surface area contributed by atoms with Crippen molar-refractivity contribution in [3.8, 4) is 0 Å². The first-order valence-corrected chi connectivity index (χ1v) is 28.3. The lowest BCUT2D eigenvalue weighted by atomic mass is 9.85. The average molecular weight is 1070 g/mol. The molecule has 1 aliphatic rings. The van der Waals surface area contributed by atoms with Gasteiger partial charge in [-0.3, -0.25) is 23.2 Å². The summed E-state index contributed by atoms with van der Waals surface area (Å²) < 4.78 is 49.3. The Balaban J connectivity index is 2.67. The minimum Gasteiger partial charge on any atom is -0.462 e. The molecular formula is C53H84O18P2. The highest BCUT2D eigenvalue weighted by Crippen LogP contribution is 2.49. The lowest BCUT2D eigenvalue weighted by Crippen LogP contribution is -2.64. The van der Waals surface area contributed by atoms with Crippen molar-refractivity contribution in [3.05, 3.63) is 122 Å². The third kappa shape index (κ3) is 36.0. The summed E-state index contributed by atoms with van der Waals surface area (Å²) in [6, 6.07) is 0. The molecule has 0 aromatic rings. The first kappa shape index (κ1) is 67.3. The molecule has 1 rings (SSSR count). The van der Waals surface area contributed by atoms with E-state index in [0.717, 1.165) is 70.6 Å². The van der Waals surface area contributed by atoms with E-state index < -0.39 is 95.7 Å². The van der Waals surface area contributed by atoms with E-state index in [1.807, 2.05) is 25.2 Å². The molecule has 1 fully saturated rings. The van der Waals surface area contributed by atoms with E-state index in [0.29, 0.717) is 25.7 Å². The predicted octanol–water partition coefficient (Wildman–Crippen LogP) is 8.22. The topological polar surface area (TPSA) is 296 Å². The normalized spacial score (nSPS) is 22.5. The molecule has 0 spiro atoms. The second kappa shape index (κ2) is 41.6. The van der Waals surface area contributed by atoms with Crippen LogP contribution in [0, 0.1) is 0 Å². The van der Waals surface area contributed by atoms with Crippen LogP contribution in [0.1, 0.15) is 129 Å². The molecule has 0 amide bonds. The standard InChI is InChI=1S/C53H84O18P2/c1-3-5-7-8-9-10-11-12-13-14-15-16-17-18-19-20-21-25-33-39-46(56)67-41-45(42-68-73(65,66)71-53-50(60)48(58)49(59)52(51(53)61)70-72(62,63)64)69-47(57)40-34-26-23-22-24-30-36-44(55)38-32-28-27-31-37-43(54)35-29-6-4-2/h5-7,9-10,12-13,15-16,23-24,26-32,37-38,43-45,48-55,58-61H,3-4,8,11,14,17-22,25,33-36,39-42H2,1-2H3,(H,65,66)(H2,62,63,64)/b7-5-,10-9-,13-12-,16-15-,26-23-,28-27-,29-6-,30-24-,37-31+,38-32+/t43-,44+,45+,48?,49?,50?,51?,52+,53-/m0/s1. The van der Waals surface area contributed by atoms with E-state index in [9.17, 15) is 64.0 Å². The van der Waals surface area contributed by atoms with Gasteiger partial charge in [0.05, 0.1) is 18.8 Å². The molecule has 0 aromatic carbocycles. The minimum atomic E-state index is -5.40. The first-order chi connectivity index (χ1) is 34.9. The van der Waals surface area contributed by atoms with E-state index in [4.69, 9.17) is 18.5 Å². The number of allylic oxidation sites excluding steroid dienone is 16. The van der Waals surface area contributed by atoms with Gasteiger partial charge in [-0.25, -0.2) is 9.13 Å². The first-order valence-electron chi connectivity index (χ1n) is 25.3. The predicted molar refractivity (Wildman–Crippen MR) is 280 cm³/mol. The van der Waals surface area contributed by atoms with Crippen molar-refractivity contribution in [1.82, 2.24) is 0 Å². The van der Waals surface area contributed by atoms with E-state index in [2.05, 4.69) is 60.1 Å². The fourth-order valence-corrected chi connectivity index (χ4v) is 8.34. The van der Waals surface area contributed by atoms with Gasteiger partial charge in [-0.15, -0.1) is 0 Å². The summed E-state index contributed by atoms with van der Waals surface area (Å²) in [6.45, 7) is 2.65. The number of esters is 2. The van der Waals surface area contributed by atoms with Crippen LogP contribution in [0.3, 0.4) is 0 Å². The lowest BCUT2D eigenvalue weighted by molar-refractivity contribution is -0.216. The number of hydrogen-bond acceptors (Lipinski definition) is 15. The second-order valence-electron chi connectivity index (χ2n) is 17.2. The Morgan fingerprint density at radius 2 is 0.973 bits per heavy atom. The number of carbonyl (C=O) groups excluding carboxylic acids is 2. The van der Waals surface area contributed by atoms with Gasteiger partial charge in [0.1, 0.15) is 43.2 Å². The maximum Gasteiger partial charge on any atom is 0.472 e. The van der Waals surface area contributed by atoms with Gasteiger partial charge in [0.2, 0.25) is 0 Å². The summed E-state index contributed by atoms with van der Waals surface area (Å²) in [5.74, 6) is -1.40. The van der Waals surface area contributed by atoms with E-state index >= 15 is 0 Å². The van der Waals surface area contributed by atoms with Crippen LogP contribution in [0.15, 0.2) is 122 Å². The van der Waals surface area contributed by atoms with Gasteiger partial charge in [-0.1, -0.05) is 161 Å². The van der Waals surface area contributed by atoms with Gasteiger partial charge in [0.25, 0.3) is 0 Å². The van der Waals surface area contributed by atoms with Crippen molar-refractivity contribution in [1.29, 1.82) is 0 Å². The Labute approximate surface area is 432 Å². The van der Waals surface area contributed by atoms with Crippen LogP contribution in [-0.4, -0.2) is 125 Å². The molecule has 20 heteroatoms. The SMILES string of the molecule is CC/C=C\C/C=C\C/C=C\C/C=C\CCCCCCCCC(=O)OC[C@H](COP(=O)(O)O[C@H]1C(O)C(O)C(O)[C@@H](OP(=O)(O)O)C1O)OC(=O)CC/C=C\C/C=C\C[C@@H](O)/C=C/C=C\C=C\[C@@H](O)C/C=C\CC. The number of rotatable bonds is 40. The zero-order valence-electron chi connectivity index (χ0n) is 42.5. The smallest absolute Gasteiger partial charge is 0.462 e. The fourth-order valence-electron chi connectivity index (χ4n) is 6.80. The van der Waals surface area contributed by atoms with E-state index in [1.54, 1.807) is 54.7 Å². The second-order valence-corrected chi connectivity index (χ2v) is 19.8. The van der Waals surface area contributed by atoms with E-state index in [-0.39, 0.29) is 19.3 Å². The third-order valence-electron chi connectivity index (χ3n) is 10.7. The Kier molecular flexibility index (Phi) is 38.3. The number of hydrogen-bond donors (Lipinski definition) is 9.